The molecule has 6 nitrogen and oxygen atoms in total. The van der Waals surface area contributed by atoms with E-state index in [4.69, 9.17) is 84.9 Å². The van der Waals surface area contributed by atoms with Gasteiger partial charge in [-0.25, -0.2) is 0 Å². The molecule has 0 atom stereocenters. The molecule has 0 aliphatic carbocycles. The zero-order chi connectivity index (χ0) is 47.4. The Balaban J connectivity index is 0.000000374. The van der Waals surface area contributed by atoms with Gasteiger partial charge in [-0.1, -0.05) is 104 Å². The van der Waals surface area contributed by atoms with Gasteiger partial charge >= 0.3 is 0 Å². The number of halogens is 6. The lowest BCUT2D eigenvalue weighted by Crippen LogP contribution is -1.89. The quantitative estimate of drug-likeness (QED) is 0.105. The van der Waals surface area contributed by atoms with E-state index in [0.29, 0.717) is 33.2 Å². The van der Waals surface area contributed by atoms with Gasteiger partial charge in [-0.05, 0) is 201 Å². The summed E-state index contributed by atoms with van der Waals surface area (Å²) in [6, 6.07) is 25.1. The number of aromatic hydroxyl groups is 6. The van der Waals surface area contributed by atoms with Crippen molar-refractivity contribution in [3.05, 3.63) is 171 Å². The molecular weight excluding hydrogens is 909 g/mol. The third-order valence-electron chi connectivity index (χ3n) is 8.94. The summed E-state index contributed by atoms with van der Waals surface area (Å²) < 4.78 is 0. The van der Waals surface area contributed by atoms with Gasteiger partial charge in [0.05, 0.1) is 0 Å². The third kappa shape index (κ3) is 19.9. The number of rotatable bonds is 4. The van der Waals surface area contributed by atoms with Gasteiger partial charge in [0, 0.05) is 30.1 Å². The van der Waals surface area contributed by atoms with Crippen molar-refractivity contribution in [2.24, 2.45) is 0 Å². The molecule has 0 saturated carbocycles. The number of hydrogen-bond acceptors (Lipinski definition) is 6. The molecule has 0 unspecified atom stereocenters. The van der Waals surface area contributed by atoms with E-state index in [1.807, 2.05) is 80.5 Å². The zero-order valence-corrected chi connectivity index (χ0v) is 41.3. The second-order valence-corrected chi connectivity index (χ2v) is 17.1. The van der Waals surface area contributed by atoms with Crippen molar-refractivity contribution < 1.29 is 30.6 Å². The first kappa shape index (κ1) is 55.9. The first-order valence-electron chi connectivity index (χ1n) is 19.7. The molecule has 6 aromatic rings. The minimum atomic E-state index is 0.245. The molecule has 336 valence electrons. The highest BCUT2D eigenvalue weighted by atomic mass is 35.5. The van der Waals surface area contributed by atoms with Crippen molar-refractivity contribution in [2.75, 3.05) is 0 Å². The summed E-state index contributed by atoms with van der Waals surface area (Å²) in [5.41, 5.74) is 8.24. The topological polar surface area (TPSA) is 121 Å². The second kappa shape index (κ2) is 27.8. The second-order valence-electron chi connectivity index (χ2n) is 14.7. The Bertz CT molecular complexity index is 2280. The minimum Gasteiger partial charge on any atom is -0.508 e. The molecule has 0 aromatic heterocycles. The van der Waals surface area contributed by atoms with Crippen LogP contribution in [-0.2, 0) is 12.8 Å². The predicted molar refractivity (Wildman–Crippen MR) is 265 cm³/mol. The fourth-order valence-electron chi connectivity index (χ4n) is 5.30. The highest BCUT2D eigenvalue weighted by Crippen LogP contribution is 2.31. The SMILES string of the molecule is CCCc1cc(Cl)c(C)cc1O.CCc1cc(Cl)c(C)cc1O.Cc1cc(O)c(C(C)C)cc1Cl.Cc1cc(O)cc(C)c1Cl.Cc1cc(O)ccc1Cl.Oc1ccc(Cl)cc1. The molecule has 6 rings (SSSR count). The third-order valence-corrected chi connectivity index (χ3v) is 11.4. The molecule has 0 bridgehead atoms. The molecule has 0 fully saturated rings. The summed E-state index contributed by atoms with van der Waals surface area (Å²) in [6.45, 7) is 19.4. The number of phenolic OH excluding ortho intramolecular Hbond substituents is 6. The van der Waals surface area contributed by atoms with Crippen LogP contribution in [0.1, 0.15) is 90.1 Å². The van der Waals surface area contributed by atoms with Gasteiger partial charge < -0.3 is 30.6 Å². The summed E-state index contributed by atoms with van der Waals surface area (Å²) in [5, 5.41) is 59.2. The Morgan fingerprint density at radius 2 is 0.823 bits per heavy atom. The Labute approximate surface area is 397 Å². The average molecular weight is 968 g/mol. The number of benzene rings is 6. The molecule has 0 radical (unpaired) electrons. The normalized spacial score (nSPS) is 10.0. The van der Waals surface area contributed by atoms with Crippen LogP contribution in [0.25, 0.3) is 0 Å². The number of hydrogen-bond donors (Lipinski definition) is 6. The molecule has 6 aromatic carbocycles. The van der Waals surface area contributed by atoms with Crippen LogP contribution in [0.3, 0.4) is 0 Å². The van der Waals surface area contributed by atoms with Gasteiger partial charge in [-0.15, -0.1) is 0 Å². The highest BCUT2D eigenvalue weighted by Gasteiger charge is 2.08. The highest BCUT2D eigenvalue weighted by molar-refractivity contribution is 6.33. The van der Waals surface area contributed by atoms with E-state index >= 15 is 0 Å². The lowest BCUT2D eigenvalue weighted by molar-refractivity contribution is 0.464. The van der Waals surface area contributed by atoms with E-state index in [-0.39, 0.29) is 17.2 Å². The summed E-state index contributed by atoms with van der Waals surface area (Å²) in [4.78, 5) is 0. The Hall–Kier alpha value is -4.14. The van der Waals surface area contributed by atoms with E-state index < -0.39 is 0 Å². The smallest absolute Gasteiger partial charge is 0.119 e. The van der Waals surface area contributed by atoms with Crippen LogP contribution < -0.4 is 0 Å². The van der Waals surface area contributed by atoms with Crippen LogP contribution >= 0.6 is 69.6 Å². The van der Waals surface area contributed by atoms with Crippen molar-refractivity contribution in [1.82, 2.24) is 0 Å². The first-order chi connectivity index (χ1) is 28.9. The predicted octanol–water partition coefficient (Wildman–Crippen LogP) is 16.8. The van der Waals surface area contributed by atoms with Gasteiger partial charge in [0.2, 0.25) is 0 Å². The van der Waals surface area contributed by atoms with Crippen molar-refractivity contribution in [1.29, 1.82) is 0 Å². The van der Waals surface area contributed by atoms with Crippen LogP contribution in [0, 0.1) is 41.5 Å². The van der Waals surface area contributed by atoms with E-state index in [1.54, 1.807) is 72.8 Å². The van der Waals surface area contributed by atoms with E-state index in [0.717, 1.165) is 89.4 Å². The zero-order valence-electron chi connectivity index (χ0n) is 36.8. The summed E-state index contributed by atoms with van der Waals surface area (Å²) in [7, 11) is 0. The van der Waals surface area contributed by atoms with Gasteiger partial charge in [-0.2, -0.15) is 0 Å². The standard InChI is InChI=1S/2C10H13ClO.C9H11ClO.C8H9ClO.C7H7ClO.C6H5ClO/c1-6(2)8-5-9(11)7(3)4-10(8)12;1-3-4-8-6-9(11)7(2)5-10(8)12;1-3-7-5-8(10)6(2)4-9(7)11;1-5-3-7(10)4-6(2)8(5)9;1-5-4-6(9)2-3-7(5)8;7-5-1-3-6(8)4-2-5/h4-6,12H,1-3H3;5-6,12H,3-4H2,1-2H3;4-5,11H,3H2,1-2H3;3-4,10H,1-2H3;2-4,9H,1H3;1-4,8H. The molecule has 6 N–H and O–H groups in total. The molecular formula is C50H58Cl6O6. The largest absolute Gasteiger partial charge is 0.508 e. The summed E-state index contributed by atoms with van der Waals surface area (Å²) >= 11 is 34.7. The molecule has 0 aliphatic heterocycles. The van der Waals surface area contributed by atoms with Crippen molar-refractivity contribution in [3.8, 4) is 34.5 Å². The molecule has 0 amide bonds. The van der Waals surface area contributed by atoms with E-state index in [2.05, 4.69) is 6.92 Å². The average Bonchev–Trinajstić information content (AvgIpc) is 3.19. The van der Waals surface area contributed by atoms with Crippen LogP contribution in [0.15, 0.2) is 91.0 Å². The number of phenols is 6. The monoisotopic (exact) mass is 964 g/mol. The summed E-state index contributed by atoms with van der Waals surface area (Å²) in [6.07, 6.45) is 2.71. The Kier molecular flexibility index (Phi) is 25.1. The lowest BCUT2D eigenvalue weighted by Gasteiger charge is -2.09. The maximum atomic E-state index is 9.53. The fraction of sp³-hybridized carbons (Fsp3) is 0.280. The minimum absolute atomic E-state index is 0.245. The van der Waals surface area contributed by atoms with Crippen LogP contribution in [-0.4, -0.2) is 30.6 Å². The molecule has 0 spiro atoms. The van der Waals surface area contributed by atoms with Gasteiger partial charge in [0.1, 0.15) is 34.5 Å². The van der Waals surface area contributed by atoms with E-state index in [9.17, 15) is 15.3 Å². The first-order valence-corrected chi connectivity index (χ1v) is 22.0. The Morgan fingerprint density at radius 3 is 1.24 bits per heavy atom. The molecule has 0 heterocycles. The fourth-order valence-corrected chi connectivity index (χ4v) is 6.20. The van der Waals surface area contributed by atoms with Crippen molar-refractivity contribution in [2.45, 2.75) is 94.4 Å². The van der Waals surface area contributed by atoms with Crippen LogP contribution in [0.2, 0.25) is 30.1 Å². The molecule has 12 heteroatoms. The lowest BCUT2D eigenvalue weighted by atomic mass is 10.0. The van der Waals surface area contributed by atoms with Crippen molar-refractivity contribution >= 4 is 69.6 Å². The number of aryl methyl sites for hydroxylation is 8. The van der Waals surface area contributed by atoms with Crippen molar-refractivity contribution in [3.63, 3.8) is 0 Å². The molecule has 62 heavy (non-hydrogen) atoms. The Morgan fingerprint density at radius 1 is 0.419 bits per heavy atom. The maximum absolute atomic E-state index is 9.53. The maximum Gasteiger partial charge on any atom is 0.119 e. The summed E-state index contributed by atoms with van der Waals surface area (Å²) in [5.74, 6) is 2.13. The van der Waals surface area contributed by atoms with Gasteiger partial charge in [-0.3, -0.25) is 0 Å². The van der Waals surface area contributed by atoms with E-state index in [1.165, 1.54) is 0 Å². The molecule has 0 saturated heterocycles. The van der Waals surface area contributed by atoms with Gasteiger partial charge in [0.15, 0.2) is 0 Å². The van der Waals surface area contributed by atoms with Gasteiger partial charge in [0.25, 0.3) is 0 Å². The van der Waals surface area contributed by atoms with Crippen LogP contribution in [0.4, 0.5) is 0 Å². The molecule has 0 aliphatic rings. The van der Waals surface area contributed by atoms with Crippen LogP contribution in [0.5, 0.6) is 34.5 Å².